The van der Waals surface area contributed by atoms with Crippen LogP contribution in [0.2, 0.25) is 0 Å². The molecule has 0 aromatic carbocycles. The van der Waals surface area contributed by atoms with Crippen molar-refractivity contribution in [2.45, 2.75) is 39.3 Å². The molecule has 1 unspecified atom stereocenters. The Balaban J connectivity index is 1.95. The Morgan fingerprint density at radius 2 is 2.30 bits per heavy atom. The highest BCUT2D eigenvalue weighted by Gasteiger charge is 2.35. The molecular formula is C13H19N3O3S. The van der Waals surface area contributed by atoms with E-state index in [2.05, 4.69) is 10.3 Å². The summed E-state index contributed by atoms with van der Waals surface area (Å²) < 4.78 is 0. The maximum absolute atomic E-state index is 11.4. The minimum absolute atomic E-state index is 0.0391. The van der Waals surface area contributed by atoms with E-state index in [-0.39, 0.29) is 11.8 Å². The van der Waals surface area contributed by atoms with Crippen molar-refractivity contribution in [3.8, 4) is 0 Å². The van der Waals surface area contributed by atoms with E-state index in [1.54, 1.807) is 4.90 Å². The fourth-order valence-corrected chi connectivity index (χ4v) is 3.03. The number of hydrogen-bond donors (Lipinski definition) is 2. The highest BCUT2D eigenvalue weighted by Crippen LogP contribution is 2.33. The molecule has 1 aliphatic rings. The van der Waals surface area contributed by atoms with Crippen molar-refractivity contribution < 1.29 is 14.7 Å². The van der Waals surface area contributed by atoms with Crippen LogP contribution in [0.4, 0.5) is 5.13 Å². The summed E-state index contributed by atoms with van der Waals surface area (Å²) in [6, 6.07) is -0.491. The van der Waals surface area contributed by atoms with E-state index in [4.69, 9.17) is 5.11 Å². The Morgan fingerprint density at radius 1 is 1.60 bits per heavy atom. The van der Waals surface area contributed by atoms with Gasteiger partial charge in [-0.2, -0.15) is 0 Å². The summed E-state index contributed by atoms with van der Waals surface area (Å²) in [7, 11) is 0. The van der Waals surface area contributed by atoms with Gasteiger partial charge < -0.3 is 5.11 Å². The van der Waals surface area contributed by atoms with E-state index in [1.165, 1.54) is 18.3 Å². The molecule has 1 heterocycles. The van der Waals surface area contributed by atoms with Gasteiger partial charge in [0.15, 0.2) is 5.13 Å². The topological polar surface area (TPSA) is 82.5 Å². The first-order valence-corrected chi connectivity index (χ1v) is 7.59. The number of nitrogens with zero attached hydrogens (tertiary/aromatic N) is 2. The standard InChI is InChI=1S/C13H19N3O3S/c1-3-16(8(2)17)13-15-10(7-20-13)6-14-11(12(18)19)9-4-5-9/h7,9,11,14H,3-6H2,1-2H3,(H,18,19). The van der Waals surface area contributed by atoms with E-state index in [9.17, 15) is 9.59 Å². The van der Waals surface area contributed by atoms with Crippen LogP contribution in [-0.4, -0.2) is 34.6 Å². The van der Waals surface area contributed by atoms with Crippen molar-refractivity contribution in [2.24, 2.45) is 5.92 Å². The van der Waals surface area contributed by atoms with Gasteiger partial charge in [0.05, 0.1) is 5.69 Å². The summed E-state index contributed by atoms with van der Waals surface area (Å²) in [4.78, 5) is 28.5. The third-order valence-electron chi connectivity index (χ3n) is 3.33. The predicted octanol–water partition coefficient (Wildman–Crippen LogP) is 1.47. The van der Waals surface area contributed by atoms with Crippen LogP contribution >= 0.6 is 11.3 Å². The maximum atomic E-state index is 11.4. The number of carboxylic acids is 1. The molecule has 1 aliphatic carbocycles. The van der Waals surface area contributed by atoms with Crippen molar-refractivity contribution >= 4 is 28.3 Å². The quantitative estimate of drug-likeness (QED) is 0.796. The molecule has 1 atom stereocenters. The number of rotatable bonds is 7. The van der Waals surface area contributed by atoms with Crippen LogP contribution < -0.4 is 10.2 Å². The summed E-state index contributed by atoms with van der Waals surface area (Å²) in [5.74, 6) is -0.598. The Labute approximate surface area is 121 Å². The Kier molecular flexibility index (Phi) is 4.72. The van der Waals surface area contributed by atoms with Crippen molar-refractivity contribution in [3.63, 3.8) is 0 Å². The molecule has 1 fully saturated rings. The van der Waals surface area contributed by atoms with Gasteiger partial charge in [-0.1, -0.05) is 0 Å². The third-order valence-corrected chi connectivity index (χ3v) is 4.24. The first-order valence-electron chi connectivity index (χ1n) is 6.71. The third kappa shape index (κ3) is 3.55. The van der Waals surface area contributed by atoms with Crippen molar-refractivity contribution in [1.82, 2.24) is 10.3 Å². The largest absolute Gasteiger partial charge is 0.480 e. The molecule has 1 amide bonds. The van der Waals surface area contributed by atoms with Gasteiger partial charge in [-0.25, -0.2) is 4.98 Å². The molecule has 0 bridgehead atoms. The zero-order valence-electron chi connectivity index (χ0n) is 11.6. The van der Waals surface area contributed by atoms with Gasteiger partial charge >= 0.3 is 5.97 Å². The second-order valence-electron chi connectivity index (χ2n) is 4.92. The van der Waals surface area contributed by atoms with Gasteiger partial charge in [-0.15, -0.1) is 11.3 Å². The predicted molar refractivity (Wildman–Crippen MR) is 76.8 cm³/mol. The number of carboxylic acid groups (broad SMARTS) is 1. The number of anilines is 1. The zero-order chi connectivity index (χ0) is 14.7. The summed E-state index contributed by atoms with van der Waals surface area (Å²) in [5, 5.41) is 14.7. The smallest absolute Gasteiger partial charge is 0.320 e. The first-order chi connectivity index (χ1) is 9.52. The summed E-state index contributed by atoms with van der Waals surface area (Å²) in [5.41, 5.74) is 0.775. The average Bonchev–Trinajstić information content (AvgIpc) is 3.10. The van der Waals surface area contributed by atoms with E-state index < -0.39 is 12.0 Å². The van der Waals surface area contributed by atoms with E-state index in [0.717, 1.165) is 18.5 Å². The van der Waals surface area contributed by atoms with E-state index in [0.29, 0.717) is 18.2 Å². The molecule has 0 spiro atoms. The number of aliphatic carboxylic acids is 1. The van der Waals surface area contributed by atoms with Gasteiger partial charge in [0, 0.05) is 25.4 Å². The molecule has 2 N–H and O–H groups in total. The maximum Gasteiger partial charge on any atom is 0.320 e. The monoisotopic (exact) mass is 297 g/mol. The molecule has 1 aromatic rings. The van der Waals surface area contributed by atoms with Gasteiger partial charge in [0.1, 0.15) is 6.04 Å². The number of carbonyl (C=O) groups is 2. The fraction of sp³-hybridized carbons (Fsp3) is 0.615. The highest BCUT2D eigenvalue weighted by atomic mass is 32.1. The van der Waals surface area contributed by atoms with Crippen LogP contribution in [0, 0.1) is 5.92 Å². The number of nitrogens with one attached hydrogen (secondary N) is 1. The Morgan fingerprint density at radius 3 is 2.80 bits per heavy atom. The van der Waals surface area contributed by atoms with Crippen LogP contribution in [0.3, 0.4) is 0 Å². The number of carbonyl (C=O) groups excluding carboxylic acids is 1. The minimum atomic E-state index is -0.804. The molecule has 1 aromatic heterocycles. The fourth-order valence-electron chi connectivity index (χ4n) is 2.09. The van der Waals surface area contributed by atoms with Crippen LogP contribution in [0.1, 0.15) is 32.4 Å². The number of aromatic nitrogens is 1. The number of thiazole rings is 1. The van der Waals surface area contributed by atoms with Gasteiger partial charge in [0.25, 0.3) is 0 Å². The normalized spacial score (nSPS) is 15.9. The number of hydrogen-bond acceptors (Lipinski definition) is 5. The molecule has 0 aliphatic heterocycles. The highest BCUT2D eigenvalue weighted by molar-refractivity contribution is 7.14. The summed E-state index contributed by atoms with van der Waals surface area (Å²) in [6.45, 7) is 4.40. The van der Waals surface area contributed by atoms with Crippen LogP contribution in [0.25, 0.3) is 0 Å². The van der Waals surface area contributed by atoms with Gasteiger partial charge in [-0.05, 0) is 25.7 Å². The first kappa shape index (κ1) is 14.9. The molecule has 20 heavy (non-hydrogen) atoms. The van der Waals surface area contributed by atoms with Crippen molar-refractivity contribution in [3.05, 3.63) is 11.1 Å². The second kappa shape index (κ2) is 6.32. The second-order valence-corrected chi connectivity index (χ2v) is 5.76. The minimum Gasteiger partial charge on any atom is -0.480 e. The average molecular weight is 297 g/mol. The molecule has 0 radical (unpaired) electrons. The van der Waals surface area contributed by atoms with Crippen LogP contribution in [0.5, 0.6) is 0 Å². The lowest BCUT2D eigenvalue weighted by atomic mass is 10.2. The van der Waals surface area contributed by atoms with Crippen molar-refractivity contribution in [2.75, 3.05) is 11.4 Å². The Bertz CT molecular complexity index is 499. The molecule has 0 saturated heterocycles. The SMILES string of the molecule is CCN(C(C)=O)c1nc(CNC(C(=O)O)C2CC2)cs1. The van der Waals surface area contributed by atoms with Crippen LogP contribution in [0.15, 0.2) is 5.38 Å². The van der Waals surface area contributed by atoms with Gasteiger partial charge in [0.2, 0.25) is 5.91 Å². The van der Waals surface area contributed by atoms with Gasteiger partial charge in [-0.3, -0.25) is 19.8 Å². The summed E-state index contributed by atoms with van der Waals surface area (Å²) >= 11 is 1.40. The molecule has 6 nitrogen and oxygen atoms in total. The summed E-state index contributed by atoms with van der Waals surface area (Å²) in [6.07, 6.45) is 1.94. The van der Waals surface area contributed by atoms with E-state index >= 15 is 0 Å². The lowest BCUT2D eigenvalue weighted by Gasteiger charge is -2.15. The zero-order valence-corrected chi connectivity index (χ0v) is 12.4. The lowest BCUT2D eigenvalue weighted by molar-refractivity contribution is -0.140. The van der Waals surface area contributed by atoms with Crippen molar-refractivity contribution in [1.29, 1.82) is 0 Å². The molecule has 110 valence electrons. The molecular weight excluding hydrogens is 278 g/mol. The molecule has 7 heteroatoms. The lowest BCUT2D eigenvalue weighted by Crippen LogP contribution is -2.38. The Hall–Kier alpha value is -1.47. The molecule has 1 saturated carbocycles. The van der Waals surface area contributed by atoms with Crippen LogP contribution in [-0.2, 0) is 16.1 Å². The molecule has 2 rings (SSSR count). The number of amides is 1. The van der Waals surface area contributed by atoms with E-state index in [1.807, 2.05) is 12.3 Å².